The summed E-state index contributed by atoms with van der Waals surface area (Å²) in [6.45, 7) is 4.87. The highest BCUT2D eigenvalue weighted by atomic mass is 32.1. The van der Waals surface area contributed by atoms with Crippen molar-refractivity contribution in [2.24, 2.45) is 0 Å². The van der Waals surface area contributed by atoms with Gasteiger partial charge in [-0.15, -0.1) is 11.3 Å². The molecule has 3 heterocycles. The van der Waals surface area contributed by atoms with Crippen LogP contribution in [0, 0.1) is 6.92 Å². The minimum Gasteiger partial charge on any atom is -0.351 e. The van der Waals surface area contributed by atoms with E-state index in [1.165, 1.54) is 5.56 Å². The lowest BCUT2D eigenvalue weighted by molar-refractivity contribution is -0.133. The van der Waals surface area contributed by atoms with Crippen LogP contribution >= 0.6 is 11.3 Å². The van der Waals surface area contributed by atoms with Crippen LogP contribution in [0.2, 0.25) is 0 Å². The standard InChI is InChI=1S/C24H27N3O2S/c1-16-7-9-17(10-8-16)14-27-21(28)20-13-18-11-12-30-22(18)26(20)15-24(27,2)23(29)25-19-5-3-4-6-19/h7-13,19H,3-6,14-15H2,1-2H3,(H,25,29)/t24-/m1/s1. The van der Waals surface area contributed by atoms with E-state index in [-0.39, 0.29) is 17.9 Å². The number of hydrogen-bond donors (Lipinski definition) is 1. The Bertz CT molecular complexity index is 1110. The van der Waals surface area contributed by atoms with Gasteiger partial charge in [0.05, 0.1) is 6.54 Å². The summed E-state index contributed by atoms with van der Waals surface area (Å²) < 4.78 is 2.04. The lowest BCUT2D eigenvalue weighted by Gasteiger charge is -2.44. The first-order valence-corrected chi connectivity index (χ1v) is 11.6. The average Bonchev–Trinajstić information content (AvgIpc) is 3.45. The quantitative estimate of drug-likeness (QED) is 0.675. The van der Waals surface area contributed by atoms with Gasteiger partial charge in [-0.05, 0) is 49.8 Å². The molecule has 1 saturated carbocycles. The van der Waals surface area contributed by atoms with E-state index < -0.39 is 5.54 Å². The Kier molecular flexibility index (Phi) is 4.69. The number of benzene rings is 1. The fourth-order valence-corrected chi connectivity index (χ4v) is 5.69. The van der Waals surface area contributed by atoms with Gasteiger partial charge >= 0.3 is 0 Å². The Labute approximate surface area is 180 Å². The highest BCUT2D eigenvalue weighted by molar-refractivity contribution is 7.16. The van der Waals surface area contributed by atoms with Crippen LogP contribution in [0.4, 0.5) is 0 Å². The molecule has 0 spiro atoms. The summed E-state index contributed by atoms with van der Waals surface area (Å²) in [4.78, 5) is 30.1. The molecule has 1 aliphatic carbocycles. The van der Waals surface area contributed by atoms with Crippen molar-refractivity contribution in [1.82, 2.24) is 14.8 Å². The molecule has 2 aliphatic rings. The summed E-state index contributed by atoms with van der Waals surface area (Å²) in [6.07, 6.45) is 4.37. The Morgan fingerprint density at radius 1 is 1.20 bits per heavy atom. The first kappa shape index (κ1) is 19.4. The van der Waals surface area contributed by atoms with Crippen LogP contribution in [-0.4, -0.2) is 32.9 Å². The van der Waals surface area contributed by atoms with Crippen LogP contribution in [0.3, 0.4) is 0 Å². The summed E-state index contributed by atoms with van der Waals surface area (Å²) >= 11 is 1.62. The Morgan fingerprint density at radius 2 is 1.93 bits per heavy atom. The van der Waals surface area contributed by atoms with Crippen LogP contribution < -0.4 is 5.32 Å². The molecule has 1 atom stereocenters. The second kappa shape index (κ2) is 7.27. The maximum absolute atomic E-state index is 13.6. The lowest BCUT2D eigenvalue weighted by Crippen LogP contribution is -2.64. The summed E-state index contributed by atoms with van der Waals surface area (Å²) in [5, 5.41) is 6.36. The number of carbonyl (C=O) groups excluding carboxylic acids is 2. The molecule has 1 N–H and O–H groups in total. The van der Waals surface area contributed by atoms with E-state index in [1.807, 2.05) is 41.1 Å². The highest BCUT2D eigenvalue weighted by Crippen LogP contribution is 2.35. The van der Waals surface area contributed by atoms with Gasteiger partial charge in [0.1, 0.15) is 16.1 Å². The van der Waals surface area contributed by atoms with Crippen LogP contribution in [0.1, 0.15) is 54.2 Å². The largest absolute Gasteiger partial charge is 0.351 e. The third-order valence-electron chi connectivity index (χ3n) is 6.67. The number of carbonyl (C=O) groups is 2. The predicted octanol–water partition coefficient (Wildman–Crippen LogP) is 4.48. The number of hydrogen-bond acceptors (Lipinski definition) is 3. The molecule has 6 heteroatoms. The molecule has 2 amide bonds. The van der Waals surface area contributed by atoms with Crippen molar-refractivity contribution in [2.75, 3.05) is 0 Å². The smallest absolute Gasteiger partial charge is 0.271 e. The number of thiophene rings is 1. The van der Waals surface area contributed by atoms with Gasteiger partial charge in [0, 0.05) is 18.0 Å². The first-order chi connectivity index (χ1) is 14.5. The molecule has 1 aliphatic heterocycles. The average molecular weight is 422 g/mol. The van der Waals surface area contributed by atoms with E-state index in [9.17, 15) is 9.59 Å². The van der Waals surface area contributed by atoms with Crippen LogP contribution in [0.15, 0.2) is 41.8 Å². The lowest BCUT2D eigenvalue weighted by atomic mass is 9.93. The normalized spacial score (nSPS) is 21.9. The molecule has 5 rings (SSSR count). The minimum atomic E-state index is -0.937. The van der Waals surface area contributed by atoms with E-state index in [4.69, 9.17) is 0 Å². The molecule has 0 bridgehead atoms. The molecular formula is C24H27N3O2S. The molecule has 2 aromatic heterocycles. The van der Waals surface area contributed by atoms with Crippen LogP contribution in [0.25, 0.3) is 10.2 Å². The minimum absolute atomic E-state index is 0.0427. The molecular weight excluding hydrogens is 394 g/mol. The fourth-order valence-electron chi connectivity index (χ4n) is 4.79. The van der Waals surface area contributed by atoms with Crippen molar-refractivity contribution >= 4 is 33.4 Å². The number of amides is 2. The van der Waals surface area contributed by atoms with Crippen molar-refractivity contribution in [1.29, 1.82) is 0 Å². The fraction of sp³-hybridized carbons (Fsp3) is 0.417. The molecule has 5 nitrogen and oxygen atoms in total. The van der Waals surface area contributed by atoms with Gasteiger partial charge in [0.25, 0.3) is 5.91 Å². The number of aromatic nitrogens is 1. The molecule has 1 aromatic carbocycles. The van der Waals surface area contributed by atoms with Crippen molar-refractivity contribution in [3.63, 3.8) is 0 Å². The summed E-state index contributed by atoms with van der Waals surface area (Å²) in [6, 6.07) is 12.4. The van der Waals surface area contributed by atoms with Gasteiger partial charge in [-0.25, -0.2) is 0 Å². The second-order valence-corrected chi connectivity index (χ2v) is 9.80. The summed E-state index contributed by atoms with van der Waals surface area (Å²) in [5.74, 6) is -0.117. The molecule has 1 fully saturated rings. The monoisotopic (exact) mass is 421 g/mol. The highest BCUT2D eigenvalue weighted by Gasteiger charge is 2.48. The van der Waals surface area contributed by atoms with E-state index in [2.05, 4.69) is 24.4 Å². The summed E-state index contributed by atoms with van der Waals surface area (Å²) in [5.41, 5.74) is 1.96. The number of fused-ring (bicyclic) bond motifs is 3. The zero-order chi connectivity index (χ0) is 20.9. The third-order valence-corrected chi connectivity index (χ3v) is 7.62. The van der Waals surface area contributed by atoms with Crippen LogP contribution in [-0.2, 0) is 17.9 Å². The molecule has 0 saturated heterocycles. The van der Waals surface area contributed by atoms with Crippen molar-refractivity contribution in [2.45, 2.75) is 64.2 Å². The van der Waals surface area contributed by atoms with Crippen molar-refractivity contribution in [3.8, 4) is 0 Å². The second-order valence-electron chi connectivity index (χ2n) is 8.90. The van der Waals surface area contributed by atoms with Gasteiger partial charge in [0.15, 0.2) is 0 Å². The van der Waals surface area contributed by atoms with Crippen LogP contribution in [0.5, 0.6) is 0 Å². The Morgan fingerprint density at radius 3 is 2.67 bits per heavy atom. The maximum atomic E-state index is 13.6. The zero-order valence-electron chi connectivity index (χ0n) is 17.5. The molecule has 0 unspecified atom stereocenters. The maximum Gasteiger partial charge on any atom is 0.271 e. The SMILES string of the molecule is Cc1ccc(CN2C(=O)c3cc4ccsc4n3C[C@]2(C)C(=O)NC2CCCC2)cc1. The van der Waals surface area contributed by atoms with Crippen molar-refractivity contribution < 1.29 is 9.59 Å². The van der Waals surface area contributed by atoms with Crippen molar-refractivity contribution in [3.05, 3.63) is 58.6 Å². The Hall–Kier alpha value is -2.60. The number of nitrogens with one attached hydrogen (secondary N) is 1. The zero-order valence-corrected chi connectivity index (χ0v) is 18.3. The molecule has 3 aromatic rings. The predicted molar refractivity (Wildman–Crippen MR) is 120 cm³/mol. The van der Waals surface area contributed by atoms with Gasteiger partial charge < -0.3 is 14.8 Å². The third kappa shape index (κ3) is 3.14. The van der Waals surface area contributed by atoms with Gasteiger partial charge in [-0.1, -0.05) is 42.7 Å². The van der Waals surface area contributed by atoms with Gasteiger partial charge in [-0.3, -0.25) is 9.59 Å². The van der Waals surface area contributed by atoms with Gasteiger partial charge in [0.2, 0.25) is 5.91 Å². The Balaban J connectivity index is 1.54. The van der Waals surface area contributed by atoms with E-state index >= 15 is 0 Å². The molecule has 30 heavy (non-hydrogen) atoms. The number of rotatable bonds is 4. The molecule has 0 radical (unpaired) electrons. The van der Waals surface area contributed by atoms with E-state index in [0.717, 1.165) is 41.5 Å². The number of nitrogens with zero attached hydrogens (tertiary/aromatic N) is 2. The topological polar surface area (TPSA) is 54.3 Å². The van der Waals surface area contributed by atoms with Gasteiger partial charge in [-0.2, -0.15) is 0 Å². The molecule has 156 valence electrons. The number of aryl methyl sites for hydroxylation is 1. The first-order valence-electron chi connectivity index (χ1n) is 10.7. The van der Waals surface area contributed by atoms with E-state index in [1.54, 1.807) is 16.2 Å². The summed E-state index contributed by atoms with van der Waals surface area (Å²) in [7, 11) is 0. The van der Waals surface area contributed by atoms with E-state index in [0.29, 0.717) is 18.8 Å².